The highest BCUT2D eigenvalue weighted by Gasteiger charge is 2.26. The minimum Gasteiger partial charge on any atom is -0.345 e. The van der Waals surface area contributed by atoms with Crippen molar-refractivity contribution in [2.45, 2.75) is 12.1 Å². The number of nitrogens with one attached hydrogen (secondary N) is 4. The van der Waals surface area contributed by atoms with E-state index in [1.807, 2.05) is 30.3 Å². The number of rotatable bonds is 2. The van der Waals surface area contributed by atoms with Crippen LogP contribution in [-0.2, 0) is 9.59 Å². The van der Waals surface area contributed by atoms with E-state index in [1.54, 1.807) is 0 Å². The van der Waals surface area contributed by atoms with Crippen molar-refractivity contribution < 1.29 is 9.59 Å². The molecule has 0 aliphatic carbocycles. The van der Waals surface area contributed by atoms with Gasteiger partial charge in [0.2, 0.25) is 11.8 Å². The first-order valence-corrected chi connectivity index (χ1v) is 8.85. The molecule has 2 aliphatic rings. The topological polar surface area (TPSA) is 82.3 Å². The first-order chi connectivity index (χ1) is 12.7. The standard InChI is InChI=1S/C10H10N2O2.C10H14N2/c13-8-6-11-10(14)9(12-8)7-4-2-1-3-5-7;1-2-4-9(5-3-1)10-8-11-6-7-12-10/h1-5,9H,6H2,(H,11,14)(H,12,13);1-5,10-12H,6-8H2. The lowest BCUT2D eigenvalue weighted by molar-refractivity contribution is -0.133. The summed E-state index contributed by atoms with van der Waals surface area (Å²) in [5.41, 5.74) is 2.18. The Bertz CT molecular complexity index is 715. The van der Waals surface area contributed by atoms with Gasteiger partial charge in [0.15, 0.2) is 0 Å². The summed E-state index contributed by atoms with van der Waals surface area (Å²) in [5, 5.41) is 12.0. The molecule has 2 aliphatic heterocycles. The third kappa shape index (κ3) is 4.91. The molecular formula is C20H24N4O2. The van der Waals surface area contributed by atoms with Crippen LogP contribution in [0.5, 0.6) is 0 Å². The molecule has 2 heterocycles. The van der Waals surface area contributed by atoms with Gasteiger partial charge < -0.3 is 21.3 Å². The van der Waals surface area contributed by atoms with E-state index in [9.17, 15) is 9.59 Å². The van der Waals surface area contributed by atoms with Crippen LogP contribution >= 0.6 is 0 Å². The zero-order valence-corrected chi connectivity index (χ0v) is 14.6. The van der Waals surface area contributed by atoms with Gasteiger partial charge in [0.05, 0.1) is 6.54 Å². The average Bonchev–Trinajstić information content (AvgIpc) is 2.72. The Hall–Kier alpha value is -2.70. The van der Waals surface area contributed by atoms with E-state index in [2.05, 4.69) is 51.6 Å². The van der Waals surface area contributed by atoms with Crippen LogP contribution in [0, 0.1) is 0 Å². The molecule has 4 N–H and O–H groups in total. The van der Waals surface area contributed by atoms with Gasteiger partial charge in [0.25, 0.3) is 0 Å². The summed E-state index contributed by atoms with van der Waals surface area (Å²) in [7, 11) is 0. The lowest BCUT2D eigenvalue weighted by Gasteiger charge is -2.24. The SMILES string of the molecule is O=C1CNC(=O)C(c2ccccc2)N1.c1ccc(C2CNCCN2)cc1. The predicted molar refractivity (Wildman–Crippen MR) is 100 cm³/mol. The molecule has 136 valence electrons. The number of piperazine rings is 2. The molecule has 2 fully saturated rings. The molecule has 2 aromatic rings. The van der Waals surface area contributed by atoms with Crippen molar-refractivity contribution in [3.8, 4) is 0 Å². The van der Waals surface area contributed by atoms with E-state index < -0.39 is 6.04 Å². The van der Waals surface area contributed by atoms with Crippen LogP contribution in [0.4, 0.5) is 0 Å². The monoisotopic (exact) mass is 352 g/mol. The first-order valence-electron chi connectivity index (χ1n) is 8.85. The summed E-state index contributed by atoms with van der Waals surface area (Å²) in [4.78, 5) is 22.5. The van der Waals surface area contributed by atoms with Crippen LogP contribution in [0.2, 0.25) is 0 Å². The van der Waals surface area contributed by atoms with Crippen LogP contribution < -0.4 is 21.3 Å². The Morgan fingerprint density at radius 3 is 2.08 bits per heavy atom. The van der Waals surface area contributed by atoms with E-state index in [1.165, 1.54) is 5.56 Å². The number of carbonyl (C=O) groups excluding carboxylic acids is 2. The van der Waals surface area contributed by atoms with E-state index in [-0.39, 0.29) is 18.4 Å². The summed E-state index contributed by atoms with van der Waals surface area (Å²) in [5.74, 6) is -0.311. The Morgan fingerprint density at radius 2 is 1.46 bits per heavy atom. The zero-order chi connectivity index (χ0) is 18.2. The van der Waals surface area contributed by atoms with Gasteiger partial charge >= 0.3 is 0 Å². The van der Waals surface area contributed by atoms with Crippen LogP contribution in [-0.4, -0.2) is 38.0 Å². The highest BCUT2D eigenvalue weighted by atomic mass is 16.2. The average molecular weight is 352 g/mol. The molecule has 0 radical (unpaired) electrons. The lowest BCUT2D eigenvalue weighted by Crippen LogP contribution is -2.50. The molecule has 0 spiro atoms. The molecule has 26 heavy (non-hydrogen) atoms. The van der Waals surface area contributed by atoms with Gasteiger partial charge in [-0.05, 0) is 11.1 Å². The van der Waals surface area contributed by atoms with Gasteiger partial charge in [-0.15, -0.1) is 0 Å². The highest BCUT2D eigenvalue weighted by Crippen LogP contribution is 2.14. The van der Waals surface area contributed by atoms with E-state index in [0.717, 1.165) is 25.2 Å². The van der Waals surface area contributed by atoms with Gasteiger partial charge in [-0.25, -0.2) is 0 Å². The van der Waals surface area contributed by atoms with E-state index in [4.69, 9.17) is 0 Å². The van der Waals surface area contributed by atoms with Gasteiger partial charge in [-0.1, -0.05) is 60.7 Å². The first kappa shape index (κ1) is 18.1. The number of hydrogen-bond donors (Lipinski definition) is 4. The van der Waals surface area contributed by atoms with Crippen LogP contribution in [0.3, 0.4) is 0 Å². The highest BCUT2D eigenvalue weighted by molar-refractivity contribution is 5.95. The number of hydrogen-bond acceptors (Lipinski definition) is 4. The minimum absolute atomic E-state index is 0.0716. The van der Waals surface area contributed by atoms with Crippen molar-refractivity contribution in [3.05, 3.63) is 71.8 Å². The quantitative estimate of drug-likeness (QED) is 0.647. The molecule has 2 unspecified atom stereocenters. The molecule has 6 nitrogen and oxygen atoms in total. The number of carbonyl (C=O) groups is 2. The Balaban J connectivity index is 0.000000152. The number of benzene rings is 2. The normalized spacial score (nSPS) is 22.5. The third-order valence-corrected chi connectivity index (χ3v) is 4.37. The molecule has 2 amide bonds. The van der Waals surface area contributed by atoms with E-state index >= 15 is 0 Å². The molecule has 4 rings (SSSR count). The Labute approximate surface area is 153 Å². The van der Waals surface area contributed by atoms with E-state index in [0.29, 0.717) is 6.04 Å². The molecule has 2 saturated heterocycles. The van der Waals surface area contributed by atoms with Crippen molar-refractivity contribution in [1.82, 2.24) is 21.3 Å². The van der Waals surface area contributed by atoms with Gasteiger partial charge in [-0.2, -0.15) is 0 Å². The third-order valence-electron chi connectivity index (χ3n) is 4.37. The molecule has 0 saturated carbocycles. The summed E-state index contributed by atoms with van der Waals surface area (Å²) in [6, 6.07) is 19.7. The lowest BCUT2D eigenvalue weighted by atomic mass is 10.1. The van der Waals surface area contributed by atoms with Crippen molar-refractivity contribution in [1.29, 1.82) is 0 Å². The second-order valence-corrected chi connectivity index (χ2v) is 6.25. The van der Waals surface area contributed by atoms with Gasteiger partial charge in [-0.3, -0.25) is 9.59 Å². The van der Waals surface area contributed by atoms with Crippen molar-refractivity contribution in [2.75, 3.05) is 26.2 Å². The summed E-state index contributed by atoms with van der Waals surface area (Å²) in [6.07, 6.45) is 0. The molecule has 0 bridgehead atoms. The molecular weight excluding hydrogens is 328 g/mol. The molecule has 0 aromatic heterocycles. The fraction of sp³-hybridized carbons (Fsp3) is 0.300. The molecule has 6 heteroatoms. The van der Waals surface area contributed by atoms with Crippen molar-refractivity contribution in [2.24, 2.45) is 0 Å². The maximum atomic E-state index is 11.4. The summed E-state index contributed by atoms with van der Waals surface area (Å²) < 4.78 is 0. The molecule has 2 aromatic carbocycles. The second-order valence-electron chi connectivity index (χ2n) is 6.25. The summed E-state index contributed by atoms with van der Waals surface area (Å²) in [6.45, 7) is 3.27. The number of amides is 2. The minimum atomic E-state index is -0.544. The largest absolute Gasteiger partial charge is 0.345 e. The van der Waals surface area contributed by atoms with Crippen LogP contribution in [0.1, 0.15) is 23.2 Å². The van der Waals surface area contributed by atoms with Crippen LogP contribution in [0.15, 0.2) is 60.7 Å². The van der Waals surface area contributed by atoms with Gasteiger partial charge in [0, 0.05) is 25.7 Å². The fourth-order valence-electron chi connectivity index (χ4n) is 3.00. The second kappa shape index (κ2) is 9.12. The van der Waals surface area contributed by atoms with Gasteiger partial charge in [0.1, 0.15) is 6.04 Å². The summed E-state index contributed by atoms with van der Waals surface area (Å²) >= 11 is 0. The Kier molecular flexibility index (Phi) is 6.35. The predicted octanol–water partition coefficient (Wildman–Crippen LogP) is 0.894. The maximum Gasteiger partial charge on any atom is 0.247 e. The maximum absolute atomic E-state index is 11.4. The molecule has 2 atom stereocenters. The van der Waals surface area contributed by atoms with Crippen molar-refractivity contribution >= 4 is 11.8 Å². The smallest absolute Gasteiger partial charge is 0.247 e. The fourth-order valence-corrected chi connectivity index (χ4v) is 3.00. The van der Waals surface area contributed by atoms with Crippen LogP contribution in [0.25, 0.3) is 0 Å². The Morgan fingerprint density at radius 1 is 0.808 bits per heavy atom. The van der Waals surface area contributed by atoms with Crippen molar-refractivity contribution in [3.63, 3.8) is 0 Å². The zero-order valence-electron chi connectivity index (χ0n) is 14.6.